The number of nitrogens with zero attached hydrogens (tertiary/aromatic N) is 6. The fourth-order valence-corrected chi connectivity index (χ4v) is 4.12. The number of nitriles is 1. The number of anilines is 2. The number of aryl methyl sites for hydroxylation is 1. The maximum Gasteiger partial charge on any atom is 0.418 e. The molecule has 10 nitrogen and oxygen atoms in total. The molecule has 0 radical (unpaired) electrons. The first-order valence-electron chi connectivity index (χ1n) is 11.5. The average Bonchev–Trinajstić information content (AvgIpc) is 3.67. The molecule has 0 aliphatic heterocycles. The molecule has 2 N–H and O–H groups in total. The molecular weight excluding hydrogens is 458 g/mol. The van der Waals surface area contributed by atoms with Crippen molar-refractivity contribution < 1.29 is 14.7 Å². The second kappa shape index (κ2) is 9.46. The standard InChI is InChI=1S/C26H23N7O3/c1-28-25(34)7-9-32-15-30-21-11-18(4-5-22(21)32)20-12-19(17-2-3-17)13-24(31-20)33(26(35)36)23-10-16(14-27)6-8-29-23/h4-6,8,10-13,15,17H,2-3,7,9H2,1H3,(H,28,34)(H,35,36). The third-order valence-electron chi connectivity index (χ3n) is 6.18. The Balaban J connectivity index is 1.55. The molecular formula is C26H23N7O3. The van der Waals surface area contributed by atoms with Crippen molar-refractivity contribution >= 4 is 34.7 Å². The molecule has 0 saturated heterocycles. The summed E-state index contributed by atoms with van der Waals surface area (Å²) < 4.78 is 1.92. The van der Waals surface area contributed by atoms with E-state index in [9.17, 15) is 20.0 Å². The van der Waals surface area contributed by atoms with Crippen molar-refractivity contribution in [1.82, 2.24) is 24.8 Å². The van der Waals surface area contributed by atoms with Gasteiger partial charge in [-0.1, -0.05) is 6.07 Å². The Morgan fingerprint density at radius 3 is 2.72 bits per heavy atom. The van der Waals surface area contributed by atoms with E-state index < -0.39 is 6.09 Å². The maximum absolute atomic E-state index is 12.3. The highest BCUT2D eigenvalue weighted by atomic mass is 16.4. The van der Waals surface area contributed by atoms with Gasteiger partial charge in [0.2, 0.25) is 5.91 Å². The van der Waals surface area contributed by atoms with Gasteiger partial charge in [0.05, 0.1) is 34.7 Å². The number of pyridine rings is 2. The predicted octanol–water partition coefficient (Wildman–Crippen LogP) is 4.19. The van der Waals surface area contributed by atoms with Crippen LogP contribution in [-0.2, 0) is 11.3 Å². The summed E-state index contributed by atoms with van der Waals surface area (Å²) in [6.45, 7) is 0.511. The third-order valence-corrected chi connectivity index (χ3v) is 6.18. The van der Waals surface area contributed by atoms with Crippen molar-refractivity contribution in [2.75, 3.05) is 11.9 Å². The molecule has 36 heavy (non-hydrogen) atoms. The van der Waals surface area contributed by atoms with Crippen LogP contribution in [0.1, 0.15) is 36.3 Å². The molecule has 1 saturated carbocycles. The van der Waals surface area contributed by atoms with Gasteiger partial charge in [-0.3, -0.25) is 4.79 Å². The summed E-state index contributed by atoms with van der Waals surface area (Å²) in [6.07, 6.45) is 4.29. The van der Waals surface area contributed by atoms with Gasteiger partial charge < -0.3 is 15.0 Å². The molecule has 4 aromatic rings. The highest BCUT2D eigenvalue weighted by Gasteiger charge is 2.28. The van der Waals surface area contributed by atoms with Gasteiger partial charge in [0.15, 0.2) is 0 Å². The van der Waals surface area contributed by atoms with Crippen LogP contribution in [-0.4, -0.2) is 43.7 Å². The second-order valence-corrected chi connectivity index (χ2v) is 8.62. The van der Waals surface area contributed by atoms with E-state index in [4.69, 9.17) is 0 Å². The molecule has 2 amide bonds. The largest absolute Gasteiger partial charge is 0.464 e. The van der Waals surface area contributed by atoms with E-state index >= 15 is 0 Å². The monoisotopic (exact) mass is 481 g/mol. The third kappa shape index (κ3) is 4.59. The molecule has 0 unspecified atom stereocenters. The first-order valence-corrected chi connectivity index (χ1v) is 11.5. The summed E-state index contributed by atoms with van der Waals surface area (Å²) in [6, 6.07) is 14.5. The molecule has 5 rings (SSSR count). The van der Waals surface area contributed by atoms with Crippen molar-refractivity contribution in [3.8, 4) is 17.3 Å². The first-order chi connectivity index (χ1) is 17.5. The van der Waals surface area contributed by atoms with Gasteiger partial charge in [0.25, 0.3) is 0 Å². The van der Waals surface area contributed by atoms with Crippen molar-refractivity contribution in [2.24, 2.45) is 0 Å². The summed E-state index contributed by atoms with van der Waals surface area (Å²) in [5, 5.41) is 21.9. The summed E-state index contributed by atoms with van der Waals surface area (Å²) in [7, 11) is 1.61. The predicted molar refractivity (Wildman–Crippen MR) is 133 cm³/mol. The Bertz CT molecular complexity index is 1520. The number of carbonyl (C=O) groups excluding carboxylic acids is 1. The zero-order valence-electron chi connectivity index (χ0n) is 19.5. The van der Waals surface area contributed by atoms with Crippen molar-refractivity contribution in [3.05, 3.63) is 66.1 Å². The number of benzene rings is 1. The van der Waals surface area contributed by atoms with Gasteiger partial charge in [-0.05, 0) is 60.7 Å². The van der Waals surface area contributed by atoms with E-state index in [1.807, 2.05) is 34.9 Å². The first kappa shape index (κ1) is 23.0. The fourth-order valence-electron chi connectivity index (χ4n) is 4.12. The van der Waals surface area contributed by atoms with Crippen LogP contribution in [0.4, 0.5) is 16.4 Å². The number of rotatable bonds is 7. The number of nitrogens with one attached hydrogen (secondary N) is 1. The van der Waals surface area contributed by atoms with E-state index in [0.717, 1.165) is 39.9 Å². The number of aromatic nitrogens is 4. The zero-order valence-corrected chi connectivity index (χ0v) is 19.5. The normalized spacial score (nSPS) is 12.8. The Kier molecular flexibility index (Phi) is 6.04. The van der Waals surface area contributed by atoms with Crippen LogP contribution in [0.5, 0.6) is 0 Å². The Labute approximate surface area is 206 Å². The van der Waals surface area contributed by atoms with E-state index in [0.29, 0.717) is 30.1 Å². The van der Waals surface area contributed by atoms with Crippen molar-refractivity contribution in [2.45, 2.75) is 31.7 Å². The summed E-state index contributed by atoms with van der Waals surface area (Å²) >= 11 is 0. The van der Waals surface area contributed by atoms with E-state index in [2.05, 4.69) is 20.3 Å². The number of hydrogen-bond acceptors (Lipinski definition) is 6. The molecule has 1 aliphatic rings. The number of hydrogen-bond donors (Lipinski definition) is 2. The minimum atomic E-state index is -1.24. The molecule has 180 valence electrons. The molecule has 0 spiro atoms. The van der Waals surface area contributed by atoms with Crippen molar-refractivity contribution in [1.29, 1.82) is 5.26 Å². The number of imidazole rings is 1. The number of fused-ring (bicyclic) bond motifs is 1. The van der Waals surface area contributed by atoms with Crippen LogP contribution in [0.15, 0.2) is 55.0 Å². The summed E-state index contributed by atoms with van der Waals surface area (Å²) in [5.41, 5.74) is 4.39. The second-order valence-electron chi connectivity index (χ2n) is 8.62. The molecule has 0 bridgehead atoms. The zero-order chi connectivity index (χ0) is 25.2. The summed E-state index contributed by atoms with van der Waals surface area (Å²) in [5.74, 6) is 0.644. The fraction of sp³-hybridized carbons (Fsp3) is 0.231. The Morgan fingerprint density at radius 2 is 2.00 bits per heavy atom. The SMILES string of the molecule is CNC(=O)CCn1cnc2cc(-c3cc(C4CC4)cc(N(C(=O)O)c4cc(C#N)ccn4)n3)ccc21. The van der Waals surface area contributed by atoms with Crippen LogP contribution in [0, 0.1) is 11.3 Å². The lowest BCUT2D eigenvalue weighted by molar-refractivity contribution is -0.120. The smallest absolute Gasteiger partial charge is 0.418 e. The number of carboxylic acid groups (broad SMARTS) is 1. The Hall–Kier alpha value is -4.78. The lowest BCUT2D eigenvalue weighted by Gasteiger charge is -2.19. The maximum atomic E-state index is 12.3. The van der Waals surface area contributed by atoms with Gasteiger partial charge in [-0.2, -0.15) is 5.26 Å². The average molecular weight is 482 g/mol. The lowest BCUT2D eigenvalue weighted by Crippen LogP contribution is -2.26. The molecule has 1 aromatic carbocycles. The minimum Gasteiger partial charge on any atom is -0.464 e. The molecule has 10 heteroatoms. The highest BCUT2D eigenvalue weighted by molar-refractivity contribution is 5.93. The van der Waals surface area contributed by atoms with Crippen LogP contribution in [0.2, 0.25) is 0 Å². The Morgan fingerprint density at radius 1 is 1.17 bits per heavy atom. The van der Waals surface area contributed by atoms with E-state index in [1.165, 1.54) is 18.3 Å². The quantitative estimate of drug-likeness (QED) is 0.404. The van der Waals surface area contributed by atoms with Crippen molar-refractivity contribution in [3.63, 3.8) is 0 Å². The number of carbonyl (C=O) groups is 2. The minimum absolute atomic E-state index is 0.0418. The topological polar surface area (TPSA) is 137 Å². The van der Waals surface area contributed by atoms with Crippen LogP contribution in [0.3, 0.4) is 0 Å². The highest BCUT2D eigenvalue weighted by Crippen LogP contribution is 2.42. The number of amides is 2. The van der Waals surface area contributed by atoms with Gasteiger partial charge in [0.1, 0.15) is 11.6 Å². The van der Waals surface area contributed by atoms with Gasteiger partial charge >= 0.3 is 6.09 Å². The lowest BCUT2D eigenvalue weighted by atomic mass is 10.1. The molecule has 3 heterocycles. The summed E-state index contributed by atoms with van der Waals surface area (Å²) in [4.78, 5) is 38.3. The molecule has 0 atom stereocenters. The van der Waals surface area contributed by atoms with Gasteiger partial charge in [-0.15, -0.1) is 0 Å². The van der Waals surface area contributed by atoms with Crippen LogP contribution in [0.25, 0.3) is 22.3 Å². The molecule has 1 fully saturated rings. The van der Waals surface area contributed by atoms with Gasteiger partial charge in [-0.25, -0.2) is 24.6 Å². The van der Waals surface area contributed by atoms with Gasteiger partial charge in [0, 0.05) is 31.8 Å². The van der Waals surface area contributed by atoms with E-state index in [-0.39, 0.29) is 17.5 Å². The van der Waals surface area contributed by atoms with Crippen LogP contribution < -0.4 is 10.2 Å². The van der Waals surface area contributed by atoms with E-state index in [1.54, 1.807) is 19.4 Å². The molecule has 1 aliphatic carbocycles. The van der Waals surface area contributed by atoms with Crippen LogP contribution >= 0.6 is 0 Å². The molecule has 3 aromatic heterocycles.